The number of hydrogen-bond donors (Lipinski definition) is 1. The molecule has 0 unspecified atom stereocenters. The number of nitrogens with zero attached hydrogens (tertiary/aromatic N) is 2. The highest BCUT2D eigenvalue weighted by Crippen LogP contribution is 2.45. The zero-order chi connectivity index (χ0) is 14.4. The quantitative estimate of drug-likeness (QED) is 0.670. The smallest absolute Gasteiger partial charge is 0.270 e. The van der Waals surface area contributed by atoms with Crippen LogP contribution in [0.3, 0.4) is 0 Å². The van der Waals surface area contributed by atoms with E-state index in [1.54, 1.807) is 12.1 Å². The van der Waals surface area contributed by atoms with Crippen molar-refractivity contribution in [3.05, 3.63) is 40.4 Å². The lowest BCUT2D eigenvalue weighted by Gasteiger charge is -2.18. The maximum Gasteiger partial charge on any atom is 0.270 e. The maximum atomic E-state index is 10.8. The van der Waals surface area contributed by atoms with Gasteiger partial charge in [0.2, 0.25) is 0 Å². The number of rotatable bonds is 5. The molecule has 2 saturated carbocycles. The normalized spacial score (nSPS) is 18.1. The first kappa shape index (κ1) is 12.6. The first-order chi connectivity index (χ1) is 10.2. The molecular weight excluding hydrogens is 266 g/mol. The second-order valence-electron chi connectivity index (χ2n) is 6.18. The Morgan fingerprint density at radius 3 is 2.48 bits per heavy atom. The molecule has 1 aromatic heterocycles. The van der Waals surface area contributed by atoms with Crippen LogP contribution < -0.4 is 5.32 Å². The van der Waals surface area contributed by atoms with E-state index in [2.05, 4.69) is 10.3 Å². The summed E-state index contributed by atoms with van der Waals surface area (Å²) >= 11 is 0. The van der Waals surface area contributed by atoms with E-state index in [0.29, 0.717) is 6.04 Å². The standard InChI is InChI=1S/C16H17N3O2/c20-19(21)13-6-7-14-12(9-13)5-8-15(17-14)18-16(10-1-2-10)11-3-4-11/h5-11,16H,1-4H2,(H,17,18). The minimum atomic E-state index is -0.373. The highest BCUT2D eigenvalue weighted by molar-refractivity contribution is 5.82. The van der Waals surface area contributed by atoms with Crippen LogP contribution in [0.5, 0.6) is 0 Å². The average Bonchev–Trinajstić information content (AvgIpc) is 3.37. The fourth-order valence-electron chi connectivity index (χ4n) is 3.01. The molecule has 4 rings (SSSR count). The number of fused-ring (bicyclic) bond motifs is 1. The van der Waals surface area contributed by atoms with Gasteiger partial charge in [-0.2, -0.15) is 0 Å². The lowest BCUT2D eigenvalue weighted by molar-refractivity contribution is -0.384. The monoisotopic (exact) mass is 283 g/mol. The van der Waals surface area contributed by atoms with Gasteiger partial charge in [0.15, 0.2) is 0 Å². The molecule has 0 amide bonds. The predicted molar refractivity (Wildman–Crippen MR) is 81.3 cm³/mol. The Hall–Kier alpha value is -2.17. The van der Waals surface area contributed by atoms with Crippen molar-refractivity contribution in [2.75, 3.05) is 5.32 Å². The van der Waals surface area contributed by atoms with Crippen molar-refractivity contribution in [2.45, 2.75) is 31.7 Å². The van der Waals surface area contributed by atoms with Crippen molar-refractivity contribution in [1.82, 2.24) is 4.98 Å². The molecular formula is C16H17N3O2. The van der Waals surface area contributed by atoms with Crippen molar-refractivity contribution in [1.29, 1.82) is 0 Å². The summed E-state index contributed by atoms with van der Waals surface area (Å²) in [4.78, 5) is 15.0. The maximum absolute atomic E-state index is 10.8. The van der Waals surface area contributed by atoms with E-state index in [-0.39, 0.29) is 10.6 Å². The Bertz CT molecular complexity index is 696. The van der Waals surface area contributed by atoms with Crippen molar-refractivity contribution >= 4 is 22.4 Å². The molecule has 5 heteroatoms. The average molecular weight is 283 g/mol. The van der Waals surface area contributed by atoms with E-state index in [4.69, 9.17) is 0 Å². The third-order valence-electron chi connectivity index (χ3n) is 4.46. The molecule has 0 saturated heterocycles. The lowest BCUT2D eigenvalue weighted by atomic mass is 10.1. The van der Waals surface area contributed by atoms with Gasteiger partial charge in [0.1, 0.15) is 5.82 Å². The van der Waals surface area contributed by atoms with E-state index in [9.17, 15) is 10.1 Å². The van der Waals surface area contributed by atoms with Crippen LogP contribution >= 0.6 is 0 Å². The first-order valence-corrected chi connectivity index (χ1v) is 7.52. The van der Waals surface area contributed by atoms with Crippen LogP contribution in [0.1, 0.15) is 25.7 Å². The van der Waals surface area contributed by atoms with Crippen molar-refractivity contribution < 1.29 is 4.92 Å². The minimum Gasteiger partial charge on any atom is -0.367 e. The van der Waals surface area contributed by atoms with Gasteiger partial charge in [-0.3, -0.25) is 10.1 Å². The van der Waals surface area contributed by atoms with Crippen molar-refractivity contribution in [3.8, 4) is 0 Å². The molecule has 21 heavy (non-hydrogen) atoms. The highest BCUT2D eigenvalue weighted by Gasteiger charge is 2.41. The number of benzene rings is 1. The van der Waals surface area contributed by atoms with Crippen LogP contribution in [0.15, 0.2) is 30.3 Å². The number of nitro groups is 1. The third-order valence-corrected chi connectivity index (χ3v) is 4.46. The van der Waals surface area contributed by atoms with Gasteiger partial charge in [-0.05, 0) is 55.7 Å². The molecule has 0 atom stereocenters. The minimum absolute atomic E-state index is 0.110. The van der Waals surface area contributed by atoms with E-state index in [1.807, 2.05) is 12.1 Å². The van der Waals surface area contributed by atoms with E-state index < -0.39 is 0 Å². The summed E-state index contributed by atoms with van der Waals surface area (Å²) in [6.45, 7) is 0. The Balaban J connectivity index is 1.61. The van der Waals surface area contributed by atoms with Gasteiger partial charge in [-0.25, -0.2) is 4.98 Å². The Morgan fingerprint density at radius 2 is 1.86 bits per heavy atom. The number of nitro benzene ring substituents is 1. The van der Waals surface area contributed by atoms with E-state index >= 15 is 0 Å². The van der Waals surface area contributed by atoms with Gasteiger partial charge in [0.25, 0.3) is 5.69 Å². The summed E-state index contributed by atoms with van der Waals surface area (Å²) in [5, 5.41) is 15.2. The summed E-state index contributed by atoms with van der Waals surface area (Å²) in [5.74, 6) is 2.51. The van der Waals surface area contributed by atoms with Crippen molar-refractivity contribution in [2.24, 2.45) is 11.8 Å². The molecule has 2 aromatic rings. The Kier molecular flexibility index (Phi) is 2.80. The molecule has 5 nitrogen and oxygen atoms in total. The van der Waals surface area contributed by atoms with Gasteiger partial charge in [-0.15, -0.1) is 0 Å². The van der Waals surface area contributed by atoms with Crippen LogP contribution in [0.2, 0.25) is 0 Å². The zero-order valence-corrected chi connectivity index (χ0v) is 11.7. The SMILES string of the molecule is O=[N+]([O-])c1ccc2nc(NC(C3CC3)C3CC3)ccc2c1. The molecule has 0 aliphatic heterocycles. The molecule has 1 heterocycles. The van der Waals surface area contributed by atoms with Gasteiger partial charge in [0, 0.05) is 23.6 Å². The van der Waals surface area contributed by atoms with Gasteiger partial charge < -0.3 is 5.32 Å². The number of hydrogen-bond acceptors (Lipinski definition) is 4. The summed E-state index contributed by atoms with van der Waals surface area (Å²) in [5.41, 5.74) is 0.912. The zero-order valence-electron chi connectivity index (χ0n) is 11.7. The molecule has 0 radical (unpaired) electrons. The molecule has 1 N–H and O–H groups in total. The molecule has 2 fully saturated rings. The fraction of sp³-hybridized carbons (Fsp3) is 0.438. The molecule has 0 bridgehead atoms. The number of pyridine rings is 1. The van der Waals surface area contributed by atoms with Gasteiger partial charge in [-0.1, -0.05) is 0 Å². The Labute approximate surface area is 122 Å². The summed E-state index contributed by atoms with van der Waals surface area (Å²) in [6, 6.07) is 9.22. The molecule has 0 spiro atoms. The van der Waals surface area contributed by atoms with E-state index in [0.717, 1.165) is 28.6 Å². The van der Waals surface area contributed by atoms with Crippen LogP contribution in [0.4, 0.5) is 11.5 Å². The summed E-state index contributed by atoms with van der Waals surface area (Å²) in [6.07, 6.45) is 5.31. The van der Waals surface area contributed by atoms with Crippen LogP contribution in [-0.2, 0) is 0 Å². The predicted octanol–water partition coefficient (Wildman–Crippen LogP) is 3.74. The fourth-order valence-corrected chi connectivity index (χ4v) is 3.01. The number of non-ortho nitro benzene ring substituents is 1. The van der Waals surface area contributed by atoms with E-state index in [1.165, 1.54) is 31.7 Å². The molecule has 1 aromatic carbocycles. The second-order valence-corrected chi connectivity index (χ2v) is 6.18. The van der Waals surface area contributed by atoms with Gasteiger partial charge in [0.05, 0.1) is 10.4 Å². The van der Waals surface area contributed by atoms with Crippen LogP contribution in [0.25, 0.3) is 10.9 Å². The summed E-state index contributed by atoms with van der Waals surface area (Å²) in [7, 11) is 0. The number of anilines is 1. The van der Waals surface area contributed by atoms with Crippen LogP contribution in [0, 0.1) is 22.0 Å². The Morgan fingerprint density at radius 1 is 1.14 bits per heavy atom. The molecule has 108 valence electrons. The third kappa shape index (κ3) is 2.55. The topological polar surface area (TPSA) is 68.1 Å². The number of nitrogens with one attached hydrogen (secondary N) is 1. The molecule has 2 aliphatic rings. The number of aromatic nitrogens is 1. The lowest BCUT2D eigenvalue weighted by Crippen LogP contribution is -2.24. The van der Waals surface area contributed by atoms with Gasteiger partial charge >= 0.3 is 0 Å². The summed E-state index contributed by atoms with van der Waals surface area (Å²) < 4.78 is 0. The molecule has 2 aliphatic carbocycles. The van der Waals surface area contributed by atoms with Crippen LogP contribution in [-0.4, -0.2) is 15.9 Å². The first-order valence-electron chi connectivity index (χ1n) is 7.52. The largest absolute Gasteiger partial charge is 0.367 e. The highest BCUT2D eigenvalue weighted by atomic mass is 16.6. The van der Waals surface area contributed by atoms with Crippen molar-refractivity contribution in [3.63, 3.8) is 0 Å². The second kappa shape index (κ2) is 4.69.